The molecule has 0 bridgehead atoms. The van der Waals surface area contributed by atoms with Gasteiger partial charge < -0.3 is 14.2 Å². The van der Waals surface area contributed by atoms with Crippen LogP contribution in [0.3, 0.4) is 0 Å². The van der Waals surface area contributed by atoms with Gasteiger partial charge in [-0.05, 0) is 35.9 Å². The van der Waals surface area contributed by atoms with Gasteiger partial charge >= 0.3 is 0 Å². The third-order valence-corrected chi connectivity index (χ3v) is 5.44. The van der Waals surface area contributed by atoms with Crippen molar-refractivity contribution in [3.63, 3.8) is 0 Å². The Labute approximate surface area is 174 Å². The predicted molar refractivity (Wildman–Crippen MR) is 112 cm³/mol. The third-order valence-electron chi connectivity index (χ3n) is 4.25. The molecule has 0 N–H and O–H groups in total. The van der Waals surface area contributed by atoms with Crippen LogP contribution in [0.2, 0.25) is 5.02 Å². The van der Waals surface area contributed by atoms with E-state index in [1.54, 1.807) is 44.6 Å². The summed E-state index contributed by atoms with van der Waals surface area (Å²) in [7, 11) is 4.62. The second-order valence-electron chi connectivity index (χ2n) is 6.01. The fraction of sp³-hybridized carbons (Fsp3) is 0.150. The summed E-state index contributed by atoms with van der Waals surface area (Å²) in [6.45, 7) is 0. The zero-order valence-electron chi connectivity index (χ0n) is 15.8. The Bertz CT molecular complexity index is 1290. The minimum atomic E-state index is -0.250. The molecule has 4 aromatic rings. The number of aromatic nitrogens is 3. The topological polar surface area (TPSA) is 75.0 Å². The highest BCUT2D eigenvalue weighted by atomic mass is 35.5. The van der Waals surface area contributed by atoms with E-state index in [1.807, 2.05) is 12.1 Å². The van der Waals surface area contributed by atoms with Gasteiger partial charge in [0.05, 0.1) is 25.9 Å². The molecule has 0 aliphatic carbocycles. The maximum atomic E-state index is 12.8. The molecule has 0 aliphatic rings. The minimum Gasteiger partial charge on any atom is -0.493 e. The summed E-state index contributed by atoms with van der Waals surface area (Å²) >= 11 is 7.28. The third kappa shape index (κ3) is 3.52. The van der Waals surface area contributed by atoms with Gasteiger partial charge in [-0.15, -0.1) is 5.10 Å². The predicted octanol–water partition coefficient (Wildman–Crippen LogP) is 3.04. The van der Waals surface area contributed by atoms with Gasteiger partial charge in [-0.2, -0.15) is 9.50 Å². The first-order valence-electron chi connectivity index (χ1n) is 8.51. The summed E-state index contributed by atoms with van der Waals surface area (Å²) < 4.78 is 17.8. The largest absolute Gasteiger partial charge is 0.493 e. The summed E-state index contributed by atoms with van der Waals surface area (Å²) in [5.41, 5.74) is 1.23. The first-order chi connectivity index (χ1) is 14.0. The normalized spacial score (nSPS) is 11.8. The van der Waals surface area contributed by atoms with Crippen LogP contribution in [-0.4, -0.2) is 35.9 Å². The van der Waals surface area contributed by atoms with Gasteiger partial charge in [-0.25, -0.2) is 0 Å². The molecule has 0 atom stereocenters. The molecule has 0 saturated carbocycles. The maximum absolute atomic E-state index is 12.8. The molecule has 9 heteroatoms. The Hall–Kier alpha value is -3.10. The average molecular weight is 430 g/mol. The van der Waals surface area contributed by atoms with Crippen molar-refractivity contribution in [1.29, 1.82) is 0 Å². The molecule has 2 aromatic carbocycles. The van der Waals surface area contributed by atoms with E-state index in [0.717, 1.165) is 11.1 Å². The molecular weight excluding hydrogens is 414 g/mol. The van der Waals surface area contributed by atoms with Crippen molar-refractivity contribution in [1.82, 2.24) is 14.6 Å². The highest BCUT2D eigenvalue weighted by Gasteiger charge is 2.15. The molecule has 29 heavy (non-hydrogen) atoms. The van der Waals surface area contributed by atoms with Crippen LogP contribution in [0.1, 0.15) is 5.56 Å². The first kappa shape index (κ1) is 19.2. The van der Waals surface area contributed by atoms with Crippen molar-refractivity contribution in [2.45, 2.75) is 0 Å². The minimum absolute atomic E-state index is 0.250. The van der Waals surface area contributed by atoms with Gasteiger partial charge in [0.2, 0.25) is 10.7 Å². The zero-order valence-corrected chi connectivity index (χ0v) is 17.4. The number of nitrogens with zero attached hydrogens (tertiary/aromatic N) is 3. The van der Waals surface area contributed by atoms with Crippen LogP contribution in [0.15, 0.2) is 41.2 Å². The van der Waals surface area contributed by atoms with Crippen molar-refractivity contribution < 1.29 is 14.2 Å². The lowest BCUT2D eigenvalue weighted by Crippen LogP contribution is -2.23. The second kappa shape index (κ2) is 7.73. The fourth-order valence-electron chi connectivity index (χ4n) is 2.92. The molecular formula is C20H16ClN3O4S. The number of ether oxygens (including phenoxy) is 3. The van der Waals surface area contributed by atoms with Gasteiger partial charge in [0.25, 0.3) is 5.56 Å². The Morgan fingerprint density at radius 1 is 1.07 bits per heavy atom. The Kier molecular flexibility index (Phi) is 5.12. The zero-order chi connectivity index (χ0) is 20.5. The van der Waals surface area contributed by atoms with E-state index in [0.29, 0.717) is 37.6 Å². The number of hydrogen-bond donors (Lipinski definition) is 0. The van der Waals surface area contributed by atoms with Crippen molar-refractivity contribution in [3.8, 4) is 28.6 Å². The molecule has 0 saturated heterocycles. The summed E-state index contributed by atoms with van der Waals surface area (Å²) in [6, 6.07) is 10.7. The van der Waals surface area contributed by atoms with Crippen LogP contribution in [-0.2, 0) is 0 Å². The van der Waals surface area contributed by atoms with Crippen molar-refractivity contribution in [2.24, 2.45) is 0 Å². The van der Waals surface area contributed by atoms with Crippen molar-refractivity contribution >= 4 is 34.0 Å². The fourth-order valence-corrected chi connectivity index (χ4v) is 4.02. The molecule has 7 nitrogen and oxygen atoms in total. The van der Waals surface area contributed by atoms with Gasteiger partial charge in [-0.1, -0.05) is 35.1 Å². The van der Waals surface area contributed by atoms with E-state index in [2.05, 4.69) is 10.1 Å². The number of methoxy groups -OCH3 is 3. The van der Waals surface area contributed by atoms with E-state index in [-0.39, 0.29) is 5.56 Å². The van der Waals surface area contributed by atoms with Crippen molar-refractivity contribution in [2.75, 3.05) is 21.3 Å². The highest BCUT2D eigenvalue weighted by Crippen LogP contribution is 2.38. The van der Waals surface area contributed by atoms with Gasteiger partial charge in [0, 0.05) is 10.6 Å². The Morgan fingerprint density at radius 2 is 1.79 bits per heavy atom. The van der Waals surface area contributed by atoms with Gasteiger partial charge in [0.15, 0.2) is 17.3 Å². The first-order valence-corrected chi connectivity index (χ1v) is 9.70. The molecule has 0 unspecified atom stereocenters. The number of halogens is 1. The maximum Gasteiger partial charge on any atom is 0.291 e. The average Bonchev–Trinajstić information content (AvgIpc) is 3.27. The Morgan fingerprint density at radius 3 is 2.38 bits per heavy atom. The molecule has 4 rings (SSSR count). The molecule has 0 radical (unpaired) electrons. The molecule has 0 aliphatic heterocycles. The summed E-state index contributed by atoms with van der Waals surface area (Å²) in [5.74, 6) is 1.96. The van der Waals surface area contributed by atoms with Crippen LogP contribution < -0.4 is 24.3 Å². The molecule has 0 amide bonds. The second-order valence-corrected chi connectivity index (χ2v) is 7.46. The van der Waals surface area contributed by atoms with Crippen LogP contribution >= 0.6 is 22.9 Å². The summed E-state index contributed by atoms with van der Waals surface area (Å²) in [5, 5.41) is 4.92. The van der Waals surface area contributed by atoms with Crippen LogP contribution in [0.25, 0.3) is 22.4 Å². The Balaban J connectivity index is 1.81. The lowest BCUT2D eigenvalue weighted by atomic mass is 10.1. The van der Waals surface area contributed by atoms with E-state index < -0.39 is 0 Å². The van der Waals surface area contributed by atoms with Gasteiger partial charge in [0.1, 0.15) is 0 Å². The quantitative estimate of drug-likeness (QED) is 0.485. The molecule has 148 valence electrons. The molecule has 0 fully saturated rings. The monoisotopic (exact) mass is 429 g/mol. The lowest BCUT2D eigenvalue weighted by molar-refractivity contribution is 0.324. The van der Waals surface area contributed by atoms with E-state index >= 15 is 0 Å². The molecule has 2 heterocycles. The lowest BCUT2D eigenvalue weighted by Gasteiger charge is -2.12. The van der Waals surface area contributed by atoms with E-state index in [4.69, 9.17) is 25.8 Å². The van der Waals surface area contributed by atoms with E-state index in [1.165, 1.54) is 23.0 Å². The van der Waals surface area contributed by atoms with Gasteiger partial charge in [-0.3, -0.25) is 4.79 Å². The molecule has 2 aromatic heterocycles. The SMILES string of the molecule is COc1cc(/C=c2\sc3nc(-c4cccc(Cl)c4)nn3c2=O)cc(OC)c1OC. The summed E-state index contributed by atoms with van der Waals surface area (Å²) in [6.07, 6.45) is 1.74. The standard InChI is InChI=1S/C20H16ClN3O4S/c1-26-14-7-11(8-15(27-2)17(14)28-3)9-16-19(25)24-20(29-16)22-18(23-24)12-5-4-6-13(21)10-12/h4-10H,1-3H3/b16-9-. The van der Waals surface area contributed by atoms with Crippen molar-refractivity contribution in [3.05, 3.63) is 61.9 Å². The molecule has 0 spiro atoms. The van der Waals surface area contributed by atoms with Crippen LogP contribution in [0, 0.1) is 0 Å². The summed E-state index contributed by atoms with van der Waals surface area (Å²) in [4.78, 5) is 17.8. The number of benzene rings is 2. The van der Waals surface area contributed by atoms with E-state index in [9.17, 15) is 4.79 Å². The smallest absolute Gasteiger partial charge is 0.291 e. The van der Waals surface area contributed by atoms with Crippen LogP contribution in [0.4, 0.5) is 0 Å². The number of thiazole rings is 1. The highest BCUT2D eigenvalue weighted by molar-refractivity contribution is 7.15. The number of hydrogen-bond acceptors (Lipinski definition) is 7. The number of rotatable bonds is 5. The van der Waals surface area contributed by atoms with Crippen LogP contribution in [0.5, 0.6) is 17.2 Å². The number of fused-ring (bicyclic) bond motifs is 1.